The van der Waals surface area contributed by atoms with Crippen LogP contribution in [0.3, 0.4) is 0 Å². The van der Waals surface area contributed by atoms with Gasteiger partial charge in [-0.2, -0.15) is 0 Å². The largest absolute Gasteiger partial charge is 0.480 e. The average molecular weight is 342 g/mol. The summed E-state index contributed by atoms with van der Waals surface area (Å²) in [6.07, 6.45) is 0.0603. The molecule has 2 rings (SSSR count). The fourth-order valence-electron chi connectivity index (χ4n) is 2.56. The molecule has 0 aliphatic carbocycles. The molecule has 0 radical (unpaired) electrons. The van der Waals surface area contributed by atoms with Crippen LogP contribution in [0, 0.1) is 0 Å². The zero-order valence-electron chi connectivity index (χ0n) is 14.4. The molecule has 0 aliphatic heterocycles. The molecule has 2 amide bonds. The molecule has 2 aromatic carbocycles. The highest BCUT2D eigenvalue weighted by Gasteiger charge is 2.19. The van der Waals surface area contributed by atoms with E-state index in [9.17, 15) is 14.4 Å². The van der Waals surface area contributed by atoms with Crippen LogP contribution in [0.25, 0.3) is 10.8 Å². The predicted octanol–water partition coefficient (Wildman–Crippen LogP) is 2.28. The Kier molecular flexibility index (Phi) is 6.11. The lowest BCUT2D eigenvalue weighted by molar-refractivity contribution is -0.145. The molecular formula is C19H22N2O4. The Morgan fingerprint density at radius 3 is 2.40 bits per heavy atom. The number of carboxylic acids is 1. The molecule has 6 nitrogen and oxygen atoms in total. The second-order valence-corrected chi connectivity index (χ2v) is 6.08. The second-order valence-electron chi connectivity index (χ2n) is 6.08. The smallest absolute Gasteiger partial charge is 0.323 e. The van der Waals surface area contributed by atoms with Crippen LogP contribution < -0.4 is 5.32 Å². The summed E-state index contributed by atoms with van der Waals surface area (Å²) >= 11 is 0. The van der Waals surface area contributed by atoms with E-state index in [2.05, 4.69) is 5.32 Å². The minimum Gasteiger partial charge on any atom is -0.480 e. The number of nitrogens with one attached hydrogen (secondary N) is 1. The van der Waals surface area contributed by atoms with Crippen molar-refractivity contribution in [3.8, 4) is 0 Å². The molecule has 2 aromatic rings. The van der Waals surface area contributed by atoms with Gasteiger partial charge in [-0.1, -0.05) is 30.3 Å². The molecule has 2 N–H and O–H groups in total. The number of hydrogen-bond acceptors (Lipinski definition) is 3. The van der Waals surface area contributed by atoms with Crippen LogP contribution in [-0.4, -0.2) is 46.9 Å². The van der Waals surface area contributed by atoms with Gasteiger partial charge in [0.2, 0.25) is 5.91 Å². The maximum Gasteiger partial charge on any atom is 0.323 e. The molecular weight excluding hydrogens is 320 g/mol. The van der Waals surface area contributed by atoms with E-state index in [-0.39, 0.29) is 37.4 Å². The van der Waals surface area contributed by atoms with Crippen molar-refractivity contribution in [2.45, 2.75) is 26.3 Å². The number of amides is 2. The summed E-state index contributed by atoms with van der Waals surface area (Å²) in [5.41, 5.74) is 0.525. The molecule has 132 valence electrons. The molecule has 0 bridgehead atoms. The molecule has 0 fully saturated rings. The first kappa shape index (κ1) is 18.4. The van der Waals surface area contributed by atoms with Gasteiger partial charge >= 0.3 is 5.97 Å². The van der Waals surface area contributed by atoms with Crippen molar-refractivity contribution in [2.24, 2.45) is 0 Å². The number of aliphatic carboxylic acids is 1. The lowest BCUT2D eigenvalue weighted by atomic mass is 10.1. The van der Waals surface area contributed by atoms with E-state index < -0.39 is 5.97 Å². The lowest BCUT2D eigenvalue weighted by Crippen LogP contribution is -2.42. The average Bonchev–Trinajstić information content (AvgIpc) is 2.58. The minimum atomic E-state index is -1.05. The highest BCUT2D eigenvalue weighted by molar-refractivity contribution is 5.98. The van der Waals surface area contributed by atoms with Crippen molar-refractivity contribution >= 4 is 28.6 Å². The molecule has 0 atom stereocenters. The van der Waals surface area contributed by atoms with Crippen molar-refractivity contribution in [2.75, 3.05) is 13.1 Å². The Balaban J connectivity index is 1.92. The van der Waals surface area contributed by atoms with Gasteiger partial charge in [-0.15, -0.1) is 0 Å². The van der Waals surface area contributed by atoms with E-state index in [1.807, 2.05) is 30.3 Å². The Bertz CT molecular complexity index is 786. The standard InChI is InChI=1S/C19H22N2O4/c1-13(2)21(12-18(23)24)17(22)9-10-20-19(25)16-8-7-14-5-3-4-6-15(14)11-16/h3-8,11,13H,9-10,12H2,1-2H3,(H,20,25)(H,23,24). The molecule has 0 unspecified atom stereocenters. The molecule has 0 saturated carbocycles. The lowest BCUT2D eigenvalue weighted by Gasteiger charge is -2.24. The quantitative estimate of drug-likeness (QED) is 0.808. The molecule has 6 heteroatoms. The van der Waals surface area contributed by atoms with Crippen LogP contribution in [-0.2, 0) is 9.59 Å². The number of carbonyl (C=O) groups excluding carboxylic acids is 2. The van der Waals surface area contributed by atoms with Gasteiger partial charge in [-0.05, 0) is 36.8 Å². The van der Waals surface area contributed by atoms with Crippen molar-refractivity contribution in [3.63, 3.8) is 0 Å². The van der Waals surface area contributed by atoms with E-state index in [1.54, 1.807) is 26.0 Å². The van der Waals surface area contributed by atoms with Gasteiger partial charge < -0.3 is 15.3 Å². The number of benzene rings is 2. The third-order valence-corrected chi connectivity index (χ3v) is 3.89. The number of fused-ring (bicyclic) bond motifs is 1. The van der Waals surface area contributed by atoms with Gasteiger partial charge in [-0.3, -0.25) is 14.4 Å². The van der Waals surface area contributed by atoms with Crippen LogP contribution in [0.1, 0.15) is 30.6 Å². The summed E-state index contributed by atoms with van der Waals surface area (Å²) in [7, 11) is 0. The van der Waals surface area contributed by atoms with Gasteiger partial charge in [-0.25, -0.2) is 0 Å². The van der Waals surface area contributed by atoms with Gasteiger partial charge in [0, 0.05) is 24.6 Å². The van der Waals surface area contributed by atoms with E-state index in [4.69, 9.17) is 5.11 Å². The van der Waals surface area contributed by atoms with E-state index in [1.165, 1.54) is 4.90 Å². The first-order chi connectivity index (χ1) is 11.9. The summed E-state index contributed by atoms with van der Waals surface area (Å²) in [4.78, 5) is 36.5. The highest BCUT2D eigenvalue weighted by Crippen LogP contribution is 2.15. The predicted molar refractivity (Wildman–Crippen MR) is 95.4 cm³/mol. The van der Waals surface area contributed by atoms with Gasteiger partial charge in [0.05, 0.1) is 0 Å². The first-order valence-corrected chi connectivity index (χ1v) is 8.16. The molecule has 0 spiro atoms. The number of nitrogens with zero attached hydrogens (tertiary/aromatic N) is 1. The van der Waals surface area contributed by atoms with Crippen LogP contribution in [0.4, 0.5) is 0 Å². The van der Waals surface area contributed by atoms with Crippen molar-refractivity contribution in [1.29, 1.82) is 0 Å². The van der Waals surface area contributed by atoms with Crippen LogP contribution >= 0.6 is 0 Å². The van der Waals surface area contributed by atoms with Crippen molar-refractivity contribution < 1.29 is 19.5 Å². The van der Waals surface area contributed by atoms with E-state index in [0.29, 0.717) is 5.56 Å². The van der Waals surface area contributed by atoms with Crippen LogP contribution in [0.15, 0.2) is 42.5 Å². The molecule has 0 aliphatic rings. The first-order valence-electron chi connectivity index (χ1n) is 8.16. The summed E-state index contributed by atoms with van der Waals surface area (Å²) in [5, 5.41) is 13.6. The number of carboxylic acid groups (broad SMARTS) is 1. The summed E-state index contributed by atoms with van der Waals surface area (Å²) in [6, 6.07) is 13.0. The fourth-order valence-corrected chi connectivity index (χ4v) is 2.56. The molecule has 25 heavy (non-hydrogen) atoms. The maximum absolute atomic E-state index is 12.2. The zero-order valence-corrected chi connectivity index (χ0v) is 14.4. The SMILES string of the molecule is CC(C)N(CC(=O)O)C(=O)CCNC(=O)c1ccc2ccccc2c1. The summed E-state index contributed by atoms with van der Waals surface area (Å²) in [6.45, 7) is 3.34. The highest BCUT2D eigenvalue weighted by atomic mass is 16.4. The molecule has 0 heterocycles. The Labute approximate surface area is 146 Å². The Morgan fingerprint density at radius 1 is 1.08 bits per heavy atom. The third-order valence-electron chi connectivity index (χ3n) is 3.89. The zero-order chi connectivity index (χ0) is 18.4. The molecule has 0 saturated heterocycles. The second kappa shape index (κ2) is 8.28. The minimum absolute atomic E-state index is 0.0603. The van der Waals surface area contributed by atoms with Crippen LogP contribution in [0.2, 0.25) is 0 Å². The summed E-state index contributed by atoms with van der Waals surface area (Å²) in [5.74, 6) is -1.61. The van der Waals surface area contributed by atoms with Gasteiger partial charge in [0.15, 0.2) is 0 Å². The van der Waals surface area contributed by atoms with Gasteiger partial charge in [0.1, 0.15) is 6.54 Å². The number of hydrogen-bond donors (Lipinski definition) is 2. The van der Waals surface area contributed by atoms with Gasteiger partial charge in [0.25, 0.3) is 5.91 Å². The van der Waals surface area contributed by atoms with Crippen molar-refractivity contribution in [1.82, 2.24) is 10.2 Å². The number of rotatable bonds is 7. The van der Waals surface area contributed by atoms with E-state index in [0.717, 1.165) is 10.8 Å². The molecule has 0 aromatic heterocycles. The van der Waals surface area contributed by atoms with Crippen molar-refractivity contribution in [3.05, 3.63) is 48.0 Å². The van der Waals surface area contributed by atoms with E-state index >= 15 is 0 Å². The Morgan fingerprint density at radius 2 is 1.76 bits per heavy atom. The Hall–Kier alpha value is -2.89. The van der Waals surface area contributed by atoms with Crippen LogP contribution in [0.5, 0.6) is 0 Å². The summed E-state index contributed by atoms with van der Waals surface area (Å²) < 4.78 is 0. The fraction of sp³-hybridized carbons (Fsp3) is 0.316. The normalized spacial score (nSPS) is 10.7. The monoisotopic (exact) mass is 342 g/mol. The number of carbonyl (C=O) groups is 3. The maximum atomic E-state index is 12.2. The topological polar surface area (TPSA) is 86.7 Å². The third kappa shape index (κ3) is 5.04.